The van der Waals surface area contributed by atoms with Crippen molar-refractivity contribution < 1.29 is 8.42 Å². The summed E-state index contributed by atoms with van der Waals surface area (Å²) in [6.07, 6.45) is 2.38. The van der Waals surface area contributed by atoms with Gasteiger partial charge in [-0.25, -0.2) is 13.1 Å². The van der Waals surface area contributed by atoms with Gasteiger partial charge in [-0.15, -0.1) is 0 Å². The van der Waals surface area contributed by atoms with E-state index in [1.54, 1.807) is 23.7 Å². The van der Waals surface area contributed by atoms with Crippen molar-refractivity contribution in [2.24, 2.45) is 12.8 Å². The monoisotopic (exact) mass is 308 g/mol. The minimum atomic E-state index is -3.53. The Kier molecular flexibility index (Phi) is 4.76. The first-order valence-electron chi connectivity index (χ1n) is 6.70. The van der Waals surface area contributed by atoms with Crippen LogP contribution in [0.5, 0.6) is 0 Å². The summed E-state index contributed by atoms with van der Waals surface area (Å²) in [5, 5.41) is 4.21. The van der Waals surface area contributed by atoms with Crippen molar-refractivity contribution in [3.05, 3.63) is 47.3 Å². The highest BCUT2D eigenvalue weighted by molar-refractivity contribution is 7.89. The highest BCUT2D eigenvalue weighted by Crippen LogP contribution is 2.16. The second-order valence-electron chi connectivity index (χ2n) is 4.93. The number of hydrogen-bond acceptors (Lipinski definition) is 4. The third-order valence-electron chi connectivity index (χ3n) is 3.22. The summed E-state index contributed by atoms with van der Waals surface area (Å²) in [4.78, 5) is 0.284. The average Bonchev–Trinajstić information content (AvgIpc) is 2.84. The molecule has 21 heavy (non-hydrogen) atoms. The van der Waals surface area contributed by atoms with E-state index in [0.717, 1.165) is 11.3 Å². The van der Waals surface area contributed by atoms with Crippen LogP contribution < -0.4 is 10.5 Å². The maximum Gasteiger partial charge on any atom is 0.240 e. The normalized spacial score (nSPS) is 11.8. The summed E-state index contributed by atoms with van der Waals surface area (Å²) < 4.78 is 29.0. The third-order valence-corrected chi connectivity index (χ3v) is 4.82. The summed E-state index contributed by atoms with van der Waals surface area (Å²) in [7, 11) is -1.70. The van der Waals surface area contributed by atoms with Crippen LogP contribution >= 0.6 is 0 Å². The number of sulfonamides is 1. The van der Waals surface area contributed by atoms with Gasteiger partial charge < -0.3 is 5.73 Å². The molecule has 0 saturated carbocycles. The molecule has 0 saturated heterocycles. The van der Waals surface area contributed by atoms with E-state index in [1.165, 1.54) is 0 Å². The molecule has 1 heterocycles. The van der Waals surface area contributed by atoms with Crippen molar-refractivity contribution >= 4 is 10.0 Å². The molecule has 2 rings (SSSR count). The maximum atomic E-state index is 12.3. The zero-order chi connectivity index (χ0) is 15.5. The number of rotatable bonds is 6. The number of nitrogens with two attached hydrogens (primary N) is 1. The molecule has 0 spiro atoms. The van der Waals surface area contributed by atoms with Crippen molar-refractivity contribution in [1.29, 1.82) is 0 Å². The molecule has 7 heteroatoms. The van der Waals surface area contributed by atoms with E-state index in [1.807, 2.05) is 25.4 Å². The summed E-state index contributed by atoms with van der Waals surface area (Å²) >= 11 is 0. The minimum Gasteiger partial charge on any atom is -0.326 e. The van der Waals surface area contributed by atoms with E-state index >= 15 is 0 Å². The molecular weight excluding hydrogens is 288 g/mol. The highest BCUT2D eigenvalue weighted by atomic mass is 32.2. The van der Waals surface area contributed by atoms with Gasteiger partial charge in [0.05, 0.1) is 10.6 Å². The van der Waals surface area contributed by atoms with Gasteiger partial charge in [-0.1, -0.05) is 12.1 Å². The lowest BCUT2D eigenvalue weighted by molar-refractivity contribution is 0.580. The molecule has 2 aromatic rings. The molecule has 0 fully saturated rings. The number of aromatic nitrogens is 2. The molecule has 6 nitrogen and oxygen atoms in total. The lowest BCUT2D eigenvalue weighted by atomic mass is 10.1. The third kappa shape index (κ3) is 3.90. The van der Waals surface area contributed by atoms with Gasteiger partial charge in [0.15, 0.2) is 0 Å². The fourth-order valence-electron chi connectivity index (χ4n) is 2.05. The van der Waals surface area contributed by atoms with Crippen LogP contribution in [0.15, 0.2) is 35.4 Å². The van der Waals surface area contributed by atoms with Crippen molar-refractivity contribution in [2.45, 2.75) is 24.8 Å². The van der Waals surface area contributed by atoms with Gasteiger partial charge in [0.25, 0.3) is 0 Å². The van der Waals surface area contributed by atoms with E-state index in [-0.39, 0.29) is 4.90 Å². The number of hydrogen-bond donors (Lipinski definition) is 2. The minimum absolute atomic E-state index is 0.284. The van der Waals surface area contributed by atoms with Gasteiger partial charge >= 0.3 is 0 Å². The van der Waals surface area contributed by atoms with Gasteiger partial charge in [-0.05, 0) is 30.2 Å². The lowest BCUT2D eigenvalue weighted by Gasteiger charge is -2.10. The van der Waals surface area contributed by atoms with Gasteiger partial charge in [-0.3, -0.25) is 4.68 Å². The Labute approximate surface area is 125 Å². The van der Waals surface area contributed by atoms with Crippen LogP contribution in [0.25, 0.3) is 0 Å². The van der Waals surface area contributed by atoms with Crippen molar-refractivity contribution in [3.8, 4) is 0 Å². The van der Waals surface area contributed by atoms with Gasteiger partial charge in [0, 0.05) is 32.8 Å². The smallest absolute Gasteiger partial charge is 0.240 e. The first kappa shape index (κ1) is 15.7. The molecule has 0 aliphatic rings. The van der Waals surface area contributed by atoms with Crippen molar-refractivity contribution in [3.63, 3.8) is 0 Å². The topological polar surface area (TPSA) is 90.0 Å². The molecule has 1 aromatic carbocycles. The number of benzene rings is 1. The number of aryl methyl sites for hydroxylation is 2. The first-order chi connectivity index (χ1) is 9.92. The Balaban J connectivity index is 2.07. The molecular formula is C14H20N4O2S. The average molecular weight is 308 g/mol. The Morgan fingerprint density at radius 3 is 2.71 bits per heavy atom. The molecule has 1 aromatic heterocycles. The summed E-state index contributed by atoms with van der Waals surface area (Å²) in [6, 6.07) is 7.10. The first-order valence-corrected chi connectivity index (χ1v) is 8.18. The number of nitrogens with zero attached hydrogens (tertiary/aromatic N) is 2. The van der Waals surface area contributed by atoms with Gasteiger partial charge in [0.2, 0.25) is 10.0 Å². The van der Waals surface area contributed by atoms with Crippen molar-refractivity contribution in [2.75, 3.05) is 6.54 Å². The zero-order valence-corrected chi connectivity index (χ0v) is 13.0. The summed E-state index contributed by atoms with van der Waals surface area (Å²) in [5.74, 6) is 0. The van der Waals surface area contributed by atoms with E-state index in [4.69, 9.17) is 5.73 Å². The maximum absolute atomic E-state index is 12.3. The molecule has 0 radical (unpaired) electrons. The van der Waals surface area contributed by atoms with Gasteiger partial charge in [0.1, 0.15) is 0 Å². The Morgan fingerprint density at radius 2 is 2.10 bits per heavy atom. The molecule has 114 valence electrons. The van der Waals surface area contributed by atoms with Crippen LogP contribution in [-0.4, -0.2) is 24.7 Å². The van der Waals surface area contributed by atoms with Crippen molar-refractivity contribution in [1.82, 2.24) is 14.5 Å². The predicted molar refractivity (Wildman–Crippen MR) is 81.2 cm³/mol. The summed E-state index contributed by atoms with van der Waals surface area (Å²) in [5.41, 5.74) is 7.92. The summed E-state index contributed by atoms with van der Waals surface area (Å²) in [6.45, 7) is 2.40. The Hall–Kier alpha value is -1.70. The fraction of sp³-hybridized carbons (Fsp3) is 0.357. The molecule has 0 unspecified atom stereocenters. The van der Waals surface area contributed by atoms with Crippen LogP contribution in [0.3, 0.4) is 0 Å². The molecule has 0 atom stereocenters. The standard InChI is InChI=1S/C14H20N4O2S/c1-11-3-4-12(10-15)9-14(11)21(19,20)16-7-5-13-6-8-18(2)17-13/h3-4,6,8-9,16H,5,7,10,15H2,1-2H3. The Bertz CT molecular complexity index is 722. The molecule has 0 aliphatic heterocycles. The SMILES string of the molecule is Cc1ccc(CN)cc1S(=O)(=O)NCCc1ccn(C)n1. The molecule has 0 aliphatic carbocycles. The quantitative estimate of drug-likeness (QED) is 0.822. The van der Waals surface area contributed by atoms with Gasteiger partial charge in [-0.2, -0.15) is 5.10 Å². The molecule has 3 N–H and O–H groups in total. The lowest BCUT2D eigenvalue weighted by Crippen LogP contribution is -2.27. The number of nitrogens with one attached hydrogen (secondary N) is 1. The largest absolute Gasteiger partial charge is 0.326 e. The van der Waals surface area contributed by atoms with Crippen LogP contribution in [-0.2, 0) is 30.0 Å². The zero-order valence-electron chi connectivity index (χ0n) is 12.2. The molecule has 0 amide bonds. The second kappa shape index (κ2) is 6.38. The predicted octanol–water partition coefficient (Wildman–Crippen LogP) is 0.708. The van der Waals surface area contributed by atoms with E-state index in [2.05, 4.69) is 9.82 Å². The fourth-order valence-corrected chi connectivity index (χ4v) is 3.37. The van der Waals surface area contributed by atoms with Crippen LogP contribution in [0.1, 0.15) is 16.8 Å². The Morgan fingerprint density at radius 1 is 1.33 bits per heavy atom. The van der Waals surface area contributed by atoms with Crippen LogP contribution in [0, 0.1) is 6.92 Å². The van der Waals surface area contributed by atoms with E-state index in [9.17, 15) is 8.42 Å². The molecule has 0 bridgehead atoms. The van der Waals surface area contributed by atoms with E-state index < -0.39 is 10.0 Å². The second-order valence-corrected chi connectivity index (χ2v) is 6.67. The van der Waals surface area contributed by atoms with Crippen LogP contribution in [0.2, 0.25) is 0 Å². The van der Waals surface area contributed by atoms with E-state index in [0.29, 0.717) is 25.1 Å². The van der Waals surface area contributed by atoms with Crippen LogP contribution in [0.4, 0.5) is 0 Å². The highest BCUT2D eigenvalue weighted by Gasteiger charge is 2.16.